The molecule has 142 valence electrons. The van der Waals surface area contributed by atoms with E-state index >= 15 is 0 Å². The van der Waals surface area contributed by atoms with Gasteiger partial charge in [-0.05, 0) is 18.8 Å². The third-order valence-corrected chi connectivity index (χ3v) is 4.84. The second kappa shape index (κ2) is 10.6. The molecule has 0 radical (unpaired) electrons. The van der Waals surface area contributed by atoms with Crippen LogP contribution in [0.2, 0.25) is 0 Å². The first kappa shape index (κ1) is 20.0. The van der Waals surface area contributed by atoms with Crippen LogP contribution in [0.1, 0.15) is 32.1 Å². The summed E-state index contributed by atoms with van der Waals surface area (Å²) in [4.78, 5) is 28.1. The molecular formula is C18H26N4O4. The van der Waals surface area contributed by atoms with E-state index in [2.05, 4.69) is 0 Å². The van der Waals surface area contributed by atoms with Crippen LogP contribution in [-0.2, 0) is 14.3 Å². The van der Waals surface area contributed by atoms with E-state index < -0.39 is 12.0 Å². The second-order valence-corrected chi connectivity index (χ2v) is 6.77. The summed E-state index contributed by atoms with van der Waals surface area (Å²) in [6.07, 6.45) is 4.92. The summed E-state index contributed by atoms with van der Waals surface area (Å²) < 4.78 is 10.4. The van der Waals surface area contributed by atoms with Crippen molar-refractivity contribution in [2.45, 2.75) is 32.1 Å². The van der Waals surface area contributed by atoms with Crippen LogP contribution in [0.5, 0.6) is 0 Å². The van der Waals surface area contributed by atoms with Crippen LogP contribution < -0.4 is 0 Å². The largest absolute Gasteiger partial charge is 0.447 e. The Bertz CT molecular complexity index is 543. The van der Waals surface area contributed by atoms with Gasteiger partial charge in [0, 0.05) is 19.6 Å². The van der Waals surface area contributed by atoms with Gasteiger partial charge in [0.2, 0.25) is 5.91 Å². The van der Waals surface area contributed by atoms with Crippen molar-refractivity contribution in [3.05, 3.63) is 0 Å². The highest BCUT2D eigenvalue weighted by atomic mass is 16.6. The van der Waals surface area contributed by atoms with Gasteiger partial charge in [-0.3, -0.25) is 9.69 Å². The summed E-state index contributed by atoms with van der Waals surface area (Å²) in [6, 6.07) is 3.55. The van der Waals surface area contributed by atoms with Crippen molar-refractivity contribution < 1.29 is 19.1 Å². The van der Waals surface area contributed by atoms with E-state index in [1.165, 1.54) is 11.3 Å². The van der Waals surface area contributed by atoms with E-state index in [4.69, 9.17) is 20.0 Å². The van der Waals surface area contributed by atoms with Crippen LogP contribution in [0, 0.1) is 34.5 Å². The Balaban J connectivity index is 1.95. The van der Waals surface area contributed by atoms with Gasteiger partial charge >= 0.3 is 6.09 Å². The lowest BCUT2D eigenvalue weighted by Gasteiger charge is -2.32. The summed E-state index contributed by atoms with van der Waals surface area (Å²) >= 11 is 0. The molecule has 2 amide bonds. The van der Waals surface area contributed by atoms with Crippen LogP contribution in [0.25, 0.3) is 0 Å². The zero-order chi connectivity index (χ0) is 18.8. The minimum absolute atomic E-state index is 0.0426. The van der Waals surface area contributed by atoms with Crippen LogP contribution in [0.15, 0.2) is 0 Å². The van der Waals surface area contributed by atoms with E-state index in [9.17, 15) is 9.59 Å². The number of amides is 2. The Kier molecular flexibility index (Phi) is 8.17. The maximum absolute atomic E-state index is 12.5. The normalized spacial score (nSPS) is 18.0. The van der Waals surface area contributed by atoms with Crippen LogP contribution in [0.3, 0.4) is 0 Å². The maximum Gasteiger partial charge on any atom is 0.410 e. The predicted molar refractivity (Wildman–Crippen MR) is 91.6 cm³/mol. The molecule has 8 heteroatoms. The molecule has 26 heavy (non-hydrogen) atoms. The van der Waals surface area contributed by atoms with Crippen LogP contribution in [-0.4, -0.2) is 67.8 Å². The number of carbonyl (C=O) groups excluding carboxylic acids is 2. The predicted octanol–water partition coefficient (Wildman–Crippen LogP) is 1.53. The summed E-state index contributed by atoms with van der Waals surface area (Å²) in [5.74, 6) is -0.764. The highest BCUT2D eigenvalue weighted by Crippen LogP contribution is 2.24. The second-order valence-electron chi connectivity index (χ2n) is 6.77. The molecule has 0 bridgehead atoms. The van der Waals surface area contributed by atoms with Gasteiger partial charge in [-0.2, -0.15) is 10.5 Å². The minimum Gasteiger partial charge on any atom is -0.447 e. The zero-order valence-corrected chi connectivity index (χ0v) is 15.1. The number of carbonyl (C=O) groups is 2. The van der Waals surface area contributed by atoms with Gasteiger partial charge in [-0.1, -0.05) is 19.3 Å². The Morgan fingerprint density at radius 2 is 1.81 bits per heavy atom. The molecule has 0 unspecified atom stereocenters. The first-order chi connectivity index (χ1) is 12.6. The van der Waals surface area contributed by atoms with E-state index in [0.717, 1.165) is 25.7 Å². The molecule has 2 fully saturated rings. The molecule has 1 aliphatic heterocycles. The highest BCUT2D eigenvalue weighted by molar-refractivity contribution is 5.82. The van der Waals surface area contributed by atoms with Crippen molar-refractivity contribution in [3.8, 4) is 12.1 Å². The van der Waals surface area contributed by atoms with Crippen molar-refractivity contribution in [2.24, 2.45) is 11.8 Å². The Hall–Kier alpha value is -2.32. The molecule has 8 nitrogen and oxygen atoms in total. The summed E-state index contributed by atoms with van der Waals surface area (Å²) in [5.41, 5.74) is 0. The van der Waals surface area contributed by atoms with Gasteiger partial charge < -0.3 is 14.4 Å². The molecule has 2 aliphatic rings. The first-order valence-corrected chi connectivity index (χ1v) is 9.20. The van der Waals surface area contributed by atoms with Crippen molar-refractivity contribution in [1.29, 1.82) is 10.5 Å². The average molecular weight is 362 g/mol. The Morgan fingerprint density at radius 1 is 1.15 bits per heavy atom. The highest BCUT2D eigenvalue weighted by Gasteiger charge is 2.27. The number of hydrogen-bond donors (Lipinski definition) is 0. The molecule has 1 heterocycles. The molecular weight excluding hydrogens is 336 g/mol. The third-order valence-electron chi connectivity index (χ3n) is 4.84. The number of nitrogens with zero attached hydrogens (tertiary/aromatic N) is 4. The Morgan fingerprint density at radius 3 is 2.42 bits per heavy atom. The van der Waals surface area contributed by atoms with Gasteiger partial charge in [-0.15, -0.1) is 0 Å². The van der Waals surface area contributed by atoms with Crippen molar-refractivity contribution >= 4 is 12.0 Å². The number of hydrogen-bond acceptors (Lipinski definition) is 6. The summed E-state index contributed by atoms with van der Waals surface area (Å²) in [6.45, 7) is 2.21. The molecule has 0 spiro atoms. The van der Waals surface area contributed by atoms with Gasteiger partial charge in [0.05, 0.1) is 25.4 Å². The zero-order valence-electron chi connectivity index (χ0n) is 15.1. The van der Waals surface area contributed by atoms with Gasteiger partial charge in [0.25, 0.3) is 0 Å². The van der Waals surface area contributed by atoms with Crippen LogP contribution >= 0.6 is 0 Å². The van der Waals surface area contributed by atoms with Gasteiger partial charge in [-0.25, -0.2) is 4.79 Å². The molecule has 1 saturated heterocycles. The van der Waals surface area contributed by atoms with Crippen molar-refractivity contribution in [3.63, 3.8) is 0 Å². The molecule has 0 aromatic rings. The molecule has 1 aliphatic carbocycles. The minimum atomic E-state index is -0.995. The smallest absolute Gasteiger partial charge is 0.410 e. The lowest BCUT2D eigenvalue weighted by atomic mass is 9.89. The molecule has 0 aromatic carbocycles. The quantitative estimate of drug-likeness (QED) is 0.709. The molecule has 0 aromatic heterocycles. The lowest BCUT2D eigenvalue weighted by Crippen LogP contribution is -2.48. The lowest BCUT2D eigenvalue weighted by molar-refractivity contribution is -0.136. The van der Waals surface area contributed by atoms with Crippen LogP contribution in [0.4, 0.5) is 4.79 Å². The maximum atomic E-state index is 12.5. The van der Waals surface area contributed by atoms with E-state index in [1.807, 2.05) is 0 Å². The standard InChI is InChI=1S/C18H26N4O4/c19-10-16(11-20)14-26-18(24)22(12-15-4-2-1-3-5-15)13-17(23)21-6-8-25-9-7-21/h15-16H,1-9,12-14H2. The van der Waals surface area contributed by atoms with Gasteiger partial charge in [0.15, 0.2) is 5.92 Å². The summed E-state index contributed by atoms with van der Waals surface area (Å²) in [5, 5.41) is 17.6. The summed E-state index contributed by atoms with van der Waals surface area (Å²) in [7, 11) is 0. The SMILES string of the molecule is N#CC(C#N)COC(=O)N(CC(=O)N1CCOCC1)CC1CCCCC1. The number of ether oxygens (including phenoxy) is 2. The van der Waals surface area contributed by atoms with E-state index in [1.54, 1.807) is 17.0 Å². The first-order valence-electron chi connectivity index (χ1n) is 9.20. The topological polar surface area (TPSA) is 107 Å². The number of morpholine rings is 1. The average Bonchev–Trinajstić information content (AvgIpc) is 2.69. The molecule has 1 saturated carbocycles. The third kappa shape index (κ3) is 6.20. The molecule has 0 atom stereocenters. The Labute approximate surface area is 154 Å². The number of rotatable bonds is 6. The van der Waals surface area contributed by atoms with Crippen molar-refractivity contribution in [2.75, 3.05) is 46.0 Å². The molecule has 0 N–H and O–H groups in total. The van der Waals surface area contributed by atoms with Crippen molar-refractivity contribution in [1.82, 2.24) is 9.80 Å². The van der Waals surface area contributed by atoms with E-state index in [-0.39, 0.29) is 19.1 Å². The fourth-order valence-electron chi connectivity index (χ4n) is 3.31. The monoisotopic (exact) mass is 362 g/mol. The fraction of sp³-hybridized carbons (Fsp3) is 0.778. The fourth-order valence-corrected chi connectivity index (χ4v) is 3.31. The number of nitriles is 2. The van der Waals surface area contributed by atoms with E-state index in [0.29, 0.717) is 38.8 Å². The van der Waals surface area contributed by atoms with Gasteiger partial charge in [0.1, 0.15) is 13.2 Å². The molecule has 2 rings (SSSR count).